The molecular formula is C14H14BrCl2NS. The van der Waals surface area contributed by atoms with Crippen LogP contribution < -0.4 is 5.32 Å². The molecule has 0 bridgehead atoms. The van der Waals surface area contributed by atoms with E-state index in [0.717, 1.165) is 10.2 Å². The molecule has 1 atom stereocenters. The SMILES string of the molecule is Cc1cc(C(C)Nc2c(Cl)cc(Br)cc2Cl)c(C)s1. The average Bonchev–Trinajstić information content (AvgIpc) is 2.62. The number of rotatable bonds is 3. The fourth-order valence-corrected chi connectivity index (χ4v) is 4.39. The Balaban J connectivity index is 2.29. The largest absolute Gasteiger partial charge is 0.376 e. The Morgan fingerprint density at radius 3 is 2.21 bits per heavy atom. The van der Waals surface area contributed by atoms with Crippen molar-refractivity contribution in [3.8, 4) is 0 Å². The summed E-state index contributed by atoms with van der Waals surface area (Å²) in [6, 6.07) is 6.06. The molecule has 0 radical (unpaired) electrons. The number of anilines is 1. The zero-order valence-corrected chi connectivity index (χ0v) is 14.8. The highest BCUT2D eigenvalue weighted by Crippen LogP contribution is 2.37. The van der Waals surface area contributed by atoms with Gasteiger partial charge in [0.15, 0.2) is 0 Å². The summed E-state index contributed by atoms with van der Waals surface area (Å²) in [5, 5.41) is 4.64. The lowest BCUT2D eigenvalue weighted by Gasteiger charge is -2.18. The molecule has 0 saturated carbocycles. The van der Waals surface area contributed by atoms with Gasteiger partial charge in [-0.05, 0) is 44.5 Å². The summed E-state index contributed by atoms with van der Waals surface area (Å²) in [5.74, 6) is 0. The van der Waals surface area contributed by atoms with Crippen molar-refractivity contribution in [1.29, 1.82) is 0 Å². The molecule has 0 aliphatic carbocycles. The number of benzene rings is 1. The van der Waals surface area contributed by atoms with Crippen molar-refractivity contribution < 1.29 is 0 Å². The Morgan fingerprint density at radius 2 is 1.74 bits per heavy atom. The summed E-state index contributed by atoms with van der Waals surface area (Å²) in [7, 11) is 0. The highest BCUT2D eigenvalue weighted by atomic mass is 79.9. The van der Waals surface area contributed by atoms with Gasteiger partial charge < -0.3 is 5.32 Å². The fraction of sp³-hybridized carbons (Fsp3) is 0.286. The van der Waals surface area contributed by atoms with Crippen LogP contribution in [0.25, 0.3) is 0 Å². The molecule has 0 aliphatic heterocycles. The molecular weight excluding hydrogens is 365 g/mol. The van der Waals surface area contributed by atoms with Crippen molar-refractivity contribution in [2.45, 2.75) is 26.8 Å². The minimum atomic E-state index is 0.168. The predicted molar refractivity (Wildman–Crippen MR) is 90.0 cm³/mol. The van der Waals surface area contributed by atoms with Gasteiger partial charge in [-0.3, -0.25) is 0 Å². The highest BCUT2D eigenvalue weighted by molar-refractivity contribution is 9.10. The summed E-state index contributed by atoms with van der Waals surface area (Å²) < 4.78 is 0.878. The number of hydrogen-bond donors (Lipinski definition) is 1. The van der Waals surface area contributed by atoms with Gasteiger partial charge in [0.05, 0.1) is 15.7 Å². The second-order valence-electron chi connectivity index (χ2n) is 4.48. The van der Waals surface area contributed by atoms with Gasteiger partial charge in [0.1, 0.15) is 0 Å². The lowest BCUT2D eigenvalue weighted by molar-refractivity contribution is 0.882. The maximum Gasteiger partial charge on any atom is 0.0724 e. The van der Waals surface area contributed by atoms with Crippen LogP contribution in [0.15, 0.2) is 22.7 Å². The molecule has 0 fully saturated rings. The fourth-order valence-electron chi connectivity index (χ4n) is 2.05. The van der Waals surface area contributed by atoms with E-state index in [-0.39, 0.29) is 6.04 Å². The number of nitrogens with one attached hydrogen (secondary N) is 1. The lowest BCUT2D eigenvalue weighted by Crippen LogP contribution is -2.07. The standard InChI is InChI=1S/C14H14BrCl2NS/c1-7-4-11(9(3)19-7)8(2)18-14-12(16)5-10(15)6-13(14)17/h4-6,8,18H,1-3H3. The maximum absolute atomic E-state index is 6.24. The quantitative estimate of drug-likeness (QED) is 0.633. The molecule has 2 rings (SSSR count). The van der Waals surface area contributed by atoms with Crippen molar-refractivity contribution in [3.05, 3.63) is 48.0 Å². The summed E-state index contributed by atoms with van der Waals surface area (Å²) in [4.78, 5) is 2.64. The van der Waals surface area contributed by atoms with Gasteiger partial charge in [-0.1, -0.05) is 39.1 Å². The first kappa shape index (κ1) is 15.2. The van der Waals surface area contributed by atoms with E-state index in [4.69, 9.17) is 23.2 Å². The smallest absolute Gasteiger partial charge is 0.0724 e. The van der Waals surface area contributed by atoms with E-state index in [0.29, 0.717) is 10.0 Å². The first-order chi connectivity index (χ1) is 8.88. The molecule has 1 heterocycles. The van der Waals surface area contributed by atoms with E-state index in [1.807, 2.05) is 12.1 Å². The maximum atomic E-state index is 6.24. The third-order valence-corrected chi connectivity index (χ3v) is 4.95. The van der Waals surface area contributed by atoms with Gasteiger partial charge >= 0.3 is 0 Å². The van der Waals surface area contributed by atoms with Crippen LogP contribution in [0.5, 0.6) is 0 Å². The van der Waals surface area contributed by atoms with E-state index in [1.54, 1.807) is 11.3 Å². The molecule has 0 aliphatic rings. The Bertz CT molecular complexity index is 586. The van der Waals surface area contributed by atoms with Gasteiger partial charge in [-0.15, -0.1) is 11.3 Å². The number of aryl methyl sites for hydroxylation is 2. The van der Waals surface area contributed by atoms with Gasteiger partial charge in [-0.2, -0.15) is 0 Å². The molecule has 0 amide bonds. The van der Waals surface area contributed by atoms with Gasteiger partial charge in [0, 0.05) is 20.3 Å². The molecule has 1 N–H and O–H groups in total. The molecule has 0 spiro atoms. The van der Waals surface area contributed by atoms with Crippen LogP contribution in [0, 0.1) is 13.8 Å². The zero-order chi connectivity index (χ0) is 14.2. The Kier molecular flexibility index (Phi) is 4.83. The van der Waals surface area contributed by atoms with Crippen LogP contribution in [-0.4, -0.2) is 0 Å². The van der Waals surface area contributed by atoms with Gasteiger partial charge in [0.25, 0.3) is 0 Å². The third-order valence-electron chi connectivity index (χ3n) is 2.91. The topological polar surface area (TPSA) is 12.0 Å². The molecule has 1 unspecified atom stereocenters. The van der Waals surface area contributed by atoms with Crippen LogP contribution >= 0.6 is 50.5 Å². The Labute approximate surface area is 136 Å². The van der Waals surface area contributed by atoms with Crippen LogP contribution in [0.3, 0.4) is 0 Å². The second-order valence-corrected chi connectivity index (χ2v) is 7.67. The molecule has 1 aromatic heterocycles. The summed E-state index contributed by atoms with van der Waals surface area (Å²) >= 11 is 17.7. The van der Waals surface area contributed by atoms with E-state index >= 15 is 0 Å². The van der Waals surface area contributed by atoms with Gasteiger partial charge in [-0.25, -0.2) is 0 Å². The third kappa shape index (κ3) is 3.46. The van der Waals surface area contributed by atoms with E-state index < -0.39 is 0 Å². The molecule has 5 heteroatoms. The Hall–Kier alpha value is -0.220. The normalized spacial score (nSPS) is 12.5. The zero-order valence-electron chi connectivity index (χ0n) is 10.9. The van der Waals surface area contributed by atoms with Crippen molar-refractivity contribution in [2.75, 3.05) is 5.32 Å². The monoisotopic (exact) mass is 377 g/mol. The van der Waals surface area contributed by atoms with Crippen molar-refractivity contribution >= 4 is 56.2 Å². The van der Waals surface area contributed by atoms with Gasteiger partial charge in [0.2, 0.25) is 0 Å². The minimum Gasteiger partial charge on any atom is -0.376 e. The first-order valence-electron chi connectivity index (χ1n) is 5.86. The van der Waals surface area contributed by atoms with E-state index in [2.05, 4.69) is 48.1 Å². The number of thiophene rings is 1. The van der Waals surface area contributed by atoms with E-state index in [9.17, 15) is 0 Å². The summed E-state index contributed by atoms with van der Waals surface area (Å²) in [5.41, 5.74) is 2.07. The molecule has 19 heavy (non-hydrogen) atoms. The highest BCUT2D eigenvalue weighted by Gasteiger charge is 2.15. The summed E-state index contributed by atoms with van der Waals surface area (Å²) in [6.45, 7) is 6.37. The number of hydrogen-bond acceptors (Lipinski definition) is 2. The average molecular weight is 379 g/mol. The predicted octanol–water partition coefficient (Wildman–Crippen LogP) is 6.61. The molecule has 0 saturated heterocycles. The first-order valence-corrected chi connectivity index (χ1v) is 8.23. The van der Waals surface area contributed by atoms with Crippen molar-refractivity contribution in [1.82, 2.24) is 0 Å². The molecule has 1 aromatic carbocycles. The Morgan fingerprint density at radius 1 is 1.16 bits per heavy atom. The molecule has 2 aromatic rings. The van der Waals surface area contributed by atoms with Crippen LogP contribution in [-0.2, 0) is 0 Å². The second kappa shape index (κ2) is 6.04. The molecule has 102 valence electrons. The lowest BCUT2D eigenvalue weighted by atomic mass is 10.1. The molecule has 1 nitrogen and oxygen atoms in total. The minimum absolute atomic E-state index is 0.168. The number of halogens is 3. The van der Waals surface area contributed by atoms with E-state index in [1.165, 1.54) is 15.3 Å². The van der Waals surface area contributed by atoms with Crippen molar-refractivity contribution in [2.24, 2.45) is 0 Å². The van der Waals surface area contributed by atoms with Crippen LogP contribution in [0.2, 0.25) is 10.0 Å². The summed E-state index contributed by atoms with van der Waals surface area (Å²) in [6.07, 6.45) is 0. The van der Waals surface area contributed by atoms with Crippen LogP contribution in [0.1, 0.15) is 28.3 Å². The van der Waals surface area contributed by atoms with Crippen molar-refractivity contribution in [3.63, 3.8) is 0 Å². The van der Waals surface area contributed by atoms with Crippen LogP contribution in [0.4, 0.5) is 5.69 Å².